The van der Waals surface area contributed by atoms with Crippen LogP contribution >= 0.6 is 0 Å². The monoisotopic (exact) mass is 370 g/mol. The van der Waals surface area contributed by atoms with Gasteiger partial charge in [-0.1, -0.05) is 13.0 Å². The Bertz CT molecular complexity index is 737. The molecule has 144 valence electrons. The van der Waals surface area contributed by atoms with Crippen molar-refractivity contribution < 1.29 is 18.4 Å². The summed E-state index contributed by atoms with van der Waals surface area (Å²) in [7, 11) is 0. The zero-order valence-corrected chi connectivity index (χ0v) is 16.2. The number of aryl methyl sites for hydroxylation is 1. The van der Waals surface area contributed by atoms with Crippen molar-refractivity contribution in [2.24, 2.45) is 5.92 Å². The summed E-state index contributed by atoms with van der Waals surface area (Å²) in [5, 5.41) is 15.2. The minimum absolute atomic E-state index is 0.455. The Labute approximate surface area is 160 Å². The lowest BCUT2D eigenvalue weighted by molar-refractivity contribution is -0.127. The Balaban J connectivity index is 0.000000381. The van der Waals surface area contributed by atoms with Gasteiger partial charge in [-0.25, -0.2) is 0 Å². The second-order valence-electron chi connectivity index (χ2n) is 5.52. The van der Waals surface area contributed by atoms with Gasteiger partial charge < -0.3 is 8.83 Å². The molecule has 0 aliphatic carbocycles. The standard InChI is InChI=1S/C7H8N2O2.C7H10O.C7H8O/c1-4(10)7(5(2)11)6(9)3-8;2*1-2-4-7-5-3-6-8-7/h7,9H,1-2H3;3,5-6H,2,4H2,1H3;2-6H,1H3/b;;4-2+. The van der Waals surface area contributed by atoms with E-state index < -0.39 is 23.2 Å². The van der Waals surface area contributed by atoms with Crippen LogP contribution in [0.3, 0.4) is 0 Å². The highest BCUT2D eigenvalue weighted by Gasteiger charge is 2.24. The maximum atomic E-state index is 10.7. The molecule has 6 nitrogen and oxygen atoms in total. The molecule has 2 heterocycles. The molecule has 0 spiro atoms. The molecule has 0 aliphatic rings. The quantitative estimate of drug-likeness (QED) is 0.576. The first kappa shape index (κ1) is 23.8. The van der Waals surface area contributed by atoms with Gasteiger partial charge in [0.1, 0.15) is 40.8 Å². The fraction of sp³-hybridized carbons (Fsp3) is 0.333. The van der Waals surface area contributed by atoms with Gasteiger partial charge in [-0.2, -0.15) is 5.26 Å². The van der Waals surface area contributed by atoms with Gasteiger partial charge in [-0.05, 0) is 57.5 Å². The van der Waals surface area contributed by atoms with Crippen LogP contribution in [0.4, 0.5) is 0 Å². The highest BCUT2D eigenvalue weighted by atomic mass is 16.3. The molecule has 0 unspecified atom stereocenters. The summed E-state index contributed by atoms with van der Waals surface area (Å²) in [5.74, 6) is -0.0619. The second kappa shape index (κ2) is 14.0. The maximum Gasteiger partial charge on any atom is 0.147 e. The first-order valence-electron chi connectivity index (χ1n) is 8.55. The smallest absolute Gasteiger partial charge is 0.147 e. The Kier molecular flexibility index (Phi) is 12.4. The van der Waals surface area contributed by atoms with Gasteiger partial charge in [-0.15, -0.1) is 0 Å². The number of carbonyl (C=O) groups excluding carboxylic acids is 2. The van der Waals surface area contributed by atoms with E-state index in [0.29, 0.717) is 0 Å². The van der Waals surface area contributed by atoms with Crippen LogP contribution in [0, 0.1) is 22.7 Å². The normalized spacial score (nSPS) is 9.63. The van der Waals surface area contributed by atoms with Crippen LogP contribution in [-0.4, -0.2) is 17.3 Å². The largest absolute Gasteiger partial charge is 0.469 e. The predicted molar refractivity (Wildman–Crippen MR) is 104 cm³/mol. The lowest BCUT2D eigenvalue weighted by atomic mass is 9.96. The Hall–Kier alpha value is -3.20. The van der Waals surface area contributed by atoms with E-state index in [1.165, 1.54) is 19.9 Å². The molecule has 0 radical (unpaired) electrons. The summed E-state index contributed by atoms with van der Waals surface area (Å²) >= 11 is 0. The SMILES string of the molecule is C/C=C/c1ccco1.CC(=O)C(C(=N)C#N)C(C)=O.CCCc1ccco1. The van der Waals surface area contributed by atoms with E-state index in [4.69, 9.17) is 19.5 Å². The van der Waals surface area contributed by atoms with Crippen molar-refractivity contribution in [2.75, 3.05) is 0 Å². The number of hydrogen-bond donors (Lipinski definition) is 1. The lowest BCUT2D eigenvalue weighted by Gasteiger charge is -2.03. The number of nitrogens with zero attached hydrogens (tertiary/aromatic N) is 1. The van der Waals surface area contributed by atoms with Crippen LogP contribution < -0.4 is 0 Å². The van der Waals surface area contributed by atoms with Crippen molar-refractivity contribution in [1.82, 2.24) is 0 Å². The molecule has 6 heteroatoms. The zero-order chi connectivity index (χ0) is 20.7. The van der Waals surface area contributed by atoms with E-state index in [-0.39, 0.29) is 0 Å². The van der Waals surface area contributed by atoms with Crippen molar-refractivity contribution in [3.8, 4) is 6.07 Å². The summed E-state index contributed by atoms with van der Waals surface area (Å²) in [6.07, 6.45) is 9.46. The van der Waals surface area contributed by atoms with Gasteiger partial charge in [0.2, 0.25) is 0 Å². The number of furan rings is 2. The highest BCUT2D eigenvalue weighted by Crippen LogP contribution is 2.02. The maximum absolute atomic E-state index is 10.7. The average molecular weight is 370 g/mol. The molecular formula is C21H26N2O4. The summed E-state index contributed by atoms with van der Waals surface area (Å²) in [6.45, 7) is 6.49. The molecule has 0 atom stereocenters. The van der Waals surface area contributed by atoms with Crippen LogP contribution in [0.1, 0.15) is 45.6 Å². The molecule has 2 aromatic heterocycles. The van der Waals surface area contributed by atoms with Crippen LogP contribution in [0.15, 0.2) is 51.7 Å². The van der Waals surface area contributed by atoms with Gasteiger partial charge in [0, 0.05) is 6.42 Å². The minimum Gasteiger partial charge on any atom is -0.469 e. The van der Waals surface area contributed by atoms with Crippen molar-refractivity contribution in [3.05, 3.63) is 54.4 Å². The topological polar surface area (TPSA) is 108 Å². The van der Waals surface area contributed by atoms with E-state index in [1.54, 1.807) is 12.5 Å². The third-order valence-corrected chi connectivity index (χ3v) is 3.17. The number of carbonyl (C=O) groups is 2. The van der Waals surface area contributed by atoms with E-state index in [0.717, 1.165) is 24.4 Å². The van der Waals surface area contributed by atoms with Crippen LogP contribution in [0.5, 0.6) is 0 Å². The Morgan fingerprint density at radius 1 is 1.19 bits per heavy atom. The number of nitriles is 1. The Morgan fingerprint density at radius 3 is 2.11 bits per heavy atom. The number of nitrogens with one attached hydrogen (secondary N) is 1. The van der Waals surface area contributed by atoms with Gasteiger partial charge >= 0.3 is 0 Å². The molecule has 0 aromatic carbocycles. The molecule has 2 aromatic rings. The fourth-order valence-electron chi connectivity index (χ4n) is 2.01. The number of Topliss-reactive ketones (excluding diaryl/α,β-unsaturated/α-hetero) is 2. The number of hydrogen-bond acceptors (Lipinski definition) is 6. The predicted octanol–water partition coefficient (Wildman–Crippen LogP) is 4.87. The van der Waals surface area contributed by atoms with Crippen LogP contribution in [-0.2, 0) is 16.0 Å². The Morgan fingerprint density at radius 2 is 1.78 bits per heavy atom. The molecule has 0 aliphatic heterocycles. The van der Waals surface area contributed by atoms with Gasteiger partial charge in [-0.3, -0.25) is 15.0 Å². The molecule has 2 rings (SSSR count). The van der Waals surface area contributed by atoms with E-state index >= 15 is 0 Å². The minimum atomic E-state index is -1.15. The van der Waals surface area contributed by atoms with Crippen LogP contribution in [0.25, 0.3) is 6.08 Å². The van der Waals surface area contributed by atoms with Crippen molar-refractivity contribution >= 4 is 23.4 Å². The fourth-order valence-corrected chi connectivity index (χ4v) is 2.01. The molecular weight excluding hydrogens is 344 g/mol. The summed E-state index contributed by atoms with van der Waals surface area (Å²) in [6, 6.07) is 9.18. The molecule has 0 amide bonds. The highest BCUT2D eigenvalue weighted by molar-refractivity contribution is 6.23. The first-order chi connectivity index (χ1) is 12.9. The second-order valence-corrected chi connectivity index (χ2v) is 5.52. The number of ketones is 2. The zero-order valence-electron chi connectivity index (χ0n) is 16.2. The summed E-state index contributed by atoms with van der Waals surface area (Å²) in [5.41, 5.74) is -0.481. The molecule has 0 bridgehead atoms. The van der Waals surface area contributed by atoms with E-state index in [1.807, 2.05) is 43.3 Å². The molecule has 1 N–H and O–H groups in total. The van der Waals surface area contributed by atoms with Crippen molar-refractivity contribution in [3.63, 3.8) is 0 Å². The number of rotatable bonds is 6. The molecule has 0 saturated carbocycles. The molecule has 0 saturated heterocycles. The third-order valence-electron chi connectivity index (χ3n) is 3.17. The van der Waals surface area contributed by atoms with Gasteiger partial charge in [0.15, 0.2) is 0 Å². The molecule has 0 fully saturated rings. The average Bonchev–Trinajstić information content (AvgIpc) is 3.30. The lowest BCUT2D eigenvalue weighted by Crippen LogP contribution is -2.26. The van der Waals surface area contributed by atoms with Gasteiger partial charge in [0.25, 0.3) is 0 Å². The van der Waals surface area contributed by atoms with Crippen molar-refractivity contribution in [1.29, 1.82) is 10.7 Å². The summed E-state index contributed by atoms with van der Waals surface area (Å²) in [4.78, 5) is 21.3. The first-order valence-corrected chi connectivity index (χ1v) is 8.55. The van der Waals surface area contributed by atoms with Crippen molar-refractivity contribution in [2.45, 2.75) is 40.5 Å². The molecule has 27 heavy (non-hydrogen) atoms. The third kappa shape index (κ3) is 10.4. The summed E-state index contributed by atoms with van der Waals surface area (Å²) < 4.78 is 10.1. The van der Waals surface area contributed by atoms with Gasteiger partial charge in [0.05, 0.1) is 12.5 Å². The van der Waals surface area contributed by atoms with E-state index in [2.05, 4.69) is 6.92 Å². The number of allylic oxidation sites excluding steroid dienone is 1. The van der Waals surface area contributed by atoms with E-state index in [9.17, 15) is 9.59 Å². The van der Waals surface area contributed by atoms with Crippen LogP contribution in [0.2, 0.25) is 0 Å².